The van der Waals surface area contributed by atoms with Gasteiger partial charge in [-0.2, -0.15) is 0 Å². The Morgan fingerprint density at radius 3 is 2.57 bits per heavy atom. The first-order chi connectivity index (χ1) is 13.3. The third-order valence-electron chi connectivity index (χ3n) is 4.28. The number of anilines is 1. The predicted molar refractivity (Wildman–Crippen MR) is 102 cm³/mol. The largest absolute Gasteiger partial charge is 0.454 e. The van der Waals surface area contributed by atoms with Gasteiger partial charge in [0.2, 0.25) is 0 Å². The number of pyridine rings is 1. The second kappa shape index (κ2) is 9.50. The molecule has 28 heavy (non-hydrogen) atoms. The summed E-state index contributed by atoms with van der Waals surface area (Å²) in [6, 6.07) is 2.50. The Labute approximate surface area is 167 Å². The van der Waals surface area contributed by atoms with Crippen LogP contribution in [0.1, 0.15) is 39.5 Å². The number of amides is 4. The lowest BCUT2D eigenvalue weighted by Gasteiger charge is -2.25. The Hall–Kier alpha value is -2.68. The molecule has 9 nitrogen and oxygen atoms in total. The van der Waals surface area contributed by atoms with Crippen LogP contribution in [-0.2, 0) is 19.1 Å². The molecule has 0 aliphatic carbocycles. The number of nitrogens with one attached hydrogen (secondary N) is 2. The second-order valence-electron chi connectivity index (χ2n) is 6.45. The van der Waals surface area contributed by atoms with Gasteiger partial charge < -0.3 is 15.4 Å². The molecule has 0 spiro atoms. The Morgan fingerprint density at radius 2 is 1.96 bits per heavy atom. The molecule has 0 unspecified atom stereocenters. The van der Waals surface area contributed by atoms with E-state index in [2.05, 4.69) is 15.6 Å². The minimum absolute atomic E-state index is 0.102. The van der Waals surface area contributed by atoms with Crippen LogP contribution in [0.15, 0.2) is 18.3 Å². The van der Waals surface area contributed by atoms with Crippen LogP contribution in [0.4, 0.5) is 10.5 Å². The Kier molecular flexibility index (Phi) is 7.33. The number of aromatic nitrogens is 1. The number of nitrogens with zero attached hydrogens (tertiary/aromatic N) is 2. The van der Waals surface area contributed by atoms with Crippen LogP contribution < -0.4 is 10.6 Å². The van der Waals surface area contributed by atoms with Crippen molar-refractivity contribution in [2.45, 2.75) is 45.1 Å². The minimum atomic E-state index is -0.977. The van der Waals surface area contributed by atoms with Gasteiger partial charge >= 0.3 is 12.0 Å². The molecule has 2 N–H and O–H groups in total. The quantitative estimate of drug-likeness (QED) is 0.365. The molecule has 10 heteroatoms. The van der Waals surface area contributed by atoms with Crippen molar-refractivity contribution in [1.29, 1.82) is 0 Å². The third-order valence-corrected chi connectivity index (χ3v) is 4.59. The summed E-state index contributed by atoms with van der Waals surface area (Å²) in [5.41, 5.74) is -0.696. The Morgan fingerprint density at radius 1 is 1.29 bits per heavy atom. The fourth-order valence-corrected chi connectivity index (χ4v) is 3.29. The Bertz CT molecular complexity index is 764. The molecule has 0 saturated carbocycles. The highest BCUT2D eigenvalue weighted by Gasteiger charge is 2.50. The van der Waals surface area contributed by atoms with E-state index in [0.717, 1.165) is 4.90 Å². The van der Waals surface area contributed by atoms with E-state index >= 15 is 0 Å². The SMILES string of the molecule is CCCC1(CCC)NC(=O)N(CC(=O)OCC(=O)Nc2cccnc2Cl)C1=O. The summed E-state index contributed by atoms with van der Waals surface area (Å²) in [5, 5.41) is 5.26. The standard InChI is InChI=1S/C18H23ClN4O5/c1-3-7-18(8-4-2)16(26)23(17(27)22-18)10-14(25)28-11-13(24)21-12-6-5-9-20-15(12)19/h5-6,9H,3-4,7-8,10-11H2,1-2H3,(H,21,24)(H,22,27). The second-order valence-corrected chi connectivity index (χ2v) is 6.81. The van der Waals surface area contributed by atoms with E-state index in [1.54, 1.807) is 12.1 Å². The number of hydrogen-bond acceptors (Lipinski definition) is 6. The highest BCUT2D eigenvalue weighted by Crippen LogP contribution is 2.28. The zero-order valence-corrected chi connectivity index (χ0v) is 16.5. The molecule has 1 aliphatic rings. The van der Waals surface area contributed by atoms with Gasteiger partial charge in [0.1, 0.15) is 12.1 Å². The number of imide groups is 1. The van der Waals surface area contributed by atoms with Gasteiger partial charge in [-0.1, -0.05) is 38.3 Å². The molecule has 1 aromatic heterocycles. The highest BCUT2D eigenvalue weighted by atomic mass is 35.5. The number of urea groups is 1. The van der Waals surface area contributed by atoms with Crippen LogP contribution in [0.25, 0.3) is 0 Å². The number of esters is 1. The zero-order chi connectivity index (χ0) is 20.7. The minimum Gasteiger partial charge on any atom is -0.454 e. The lowest BCUT2D eigenvalue weighted by molar-refractivity contribution is -0.150. The summed E-state index contributed by atoms with van der Waals surface area (Å²) in [4.78, 5) is 53.4. The maximum atomic E-state index is 12.7. The zero-order valence-electron chi connectivity index (χ0n) is 15.8. The lowest BCUT2D eigenvalue weighted by Crippen LogP contribution is -2.47. The molecule has 4 amide bonds. The monoisotopic (exact) mass is 410 g/mol. The topological polar surface area (TPSA) is 118 Å². The first-order valence-corrected chi connectivity index (χ1v) is 9.41. The van der Waals surface area contributed by atoms with E-state index in [0.29, 0.717) is 25.7 Å². The number of rotatable bonds is 9. The van der Waals surface area contributed by atoms with Crippen molar-refractivity contribution in [3.63, 3.8) is 0 Å². The van der Waals surface area contributed by atoms with E-state index in [-0.39, 0.29) is 10.8 Å². The van der Waals surface area contributed by atoms with Gasteiger partial charge in [-0.05, 0) is 25.0 Å². The van der Waals surface area contributed by atoms with Crippen molar-refractivity contribution in [2.75, 3.05) is 18.5 Å². The number of halogens is 1. The summed E-state index contributed by atoms with van der Waals surface area (Å²) < 4.78 is 4.87. The predicted octanol–water partition coefficient (Wildman–Crippen LogP) is 2.11. The average molecular weight is 411 g/mol. The molecule has 0 radical (unpaired) electrons. The molecule has 152 valence electrons. The molecular formula is C18H23ClN4O5. The van der Waals surface area contributed by atoms with Crippen molar-refractivity contribution in [2.24, 2.45) is 0 Å². The van der Waals surface area contributed by atoms with Crippen LogP contribution in [0.5, 0.6) is 0 Å². The van der Waals surface area contributed by atoms with E-state index in [1.807, 2.05) is 13.8 Å². The van der Waals surface area contributed by atoms with E-state index in [9.17, 15) is 19.2 Å². The van der Waals surface area contributed by atoms with E-state index in [4.69, 9.17) is 16.3 Å². The molecule has 0 bridgehead atoms. The smallest absolute Gasteiger partial charge is 0.326 e. The maximum absolute atomic E-state index is 12.7. The number of hydrogen-bond donors (Lipinski definition) is 2. The van der Waals surface area contributed by atoms with Crippen LogP contribution >= 0.6 is 11.6 Å². The third kappa shape index (κ3) is 4.98. The molecule has 1 aromatic rings. The number of ether oxygens (including phenoxy) is 1. The van der Waals surface area contributed by atoms with Gasteiger partial charge in [0.15, 0.2) is 11.8 Å². The highest BCUT2D eigenvalue weighted by molar-refractivity contribution is 6.32. The maximum Gasteiger partial charge on any atom is 0.326 e. The van der Waals surface area contributed by atoms with E-state index < -0.39 is 42.5 Å². The summed E-state index contributed by atoms with van der Waals surface area (Å²) in [6.45, 7) is 2.70. The number of carbonyl (C=O) groups excluding carboxylic acids is 4. The van der Waals surface area contributed by atoms with Crippen LogP contribution in [0, 0.1) is 0 Å². The molecule has 1 saturated heterocycles. The first kappa shape index (κ1) is 21.6. The van der Waals surface area contributed by atoms with Gasteiger partial charge in [-0.15, -0.1) is 0 Å². The van der Waals surface area contributed by atoms with Gasteiger partial charge in [-0.3, -0.25) is 19.3 Å². The van der Waals surface area contributed by atoms with Gasteiger partial charge in [0, 0.05) is 6.20 Å². The van der Waals surface area contributed by atoms with Crippen molar-refractivity contribution in [3.8, 4) is 0 Å². The van der Waals surface area contributed by atoms with Crippen molar-refractivity contribution in [1.82, 2.24) is 15.2 Å². The van der Waals surface area contributed by atoms with Gasteiger partial charge in [0.05, 0.1) is 5.69 Å². The number of carbonyl (C=O) groups is 4. The molecule has 0 aromatic carbocycles. The fourth-order valence-electron chi connectivity index (χ4n) is 3.12. The summed E-state index contributed by atoms with van der Waals surface area (Å²) in [5.74, 6) is -1.92. The normalized spacial score (nSPS) is 15.3. The van der Waals surface area contributed by atoms with Gasteiger partial charge in [0.25, 0.3) is 11.8 Å². The molecule has 2 heterocycles. The van der Waals surface area contributed by atoms with Gasteiger partial charge in [-0.25, -0.2) is 9.78 Å². The van der Waals surface area contributed by atoms with Crippen LogP contribution in [0.2, 0.25) is 5.15 Å². The van der Waals surface area contributed by atoms with Crippen LogP contribution in [-0.4, -0.2) is 52.4 Å². The Balaban J connectivity index is 1.90. The molecule has 1 aliphatic heterocycles. The van der Waals surface area contributed by atoms with Crippen molar-refractivity contribution >= 4 is 41.1 Å². The summed E-state index contributed by atoms with van der Waals surface area (Å²) >= 11 is 5.83. The van der Waals surface area contributed by atoms with Crippen molar-refractivity contribution < 1.29 is 23.9 Å². The summed E-state index contributed by atoms with van der Waals surface area (Å²) in [6.07, 6.45) is 3.87. The molecule has 2 rings (SSSR count). The van der Waals surface area contributed by atoms with E-state index in [1.165, 1.54) is 6.20 Å². The molecular weight excluding hydrogens is 388 g/mol. The van der Waals surface area contributed by atoms with Crippen molar-refractivity contribution in [3.05, 3.63) is 23.5 Å². The fraction of sp³-hybridized carbons (Fsp3) is 0.500. The molecule has 1 fully saturated rings. The summed E-state index contributed by atoms with van der Waals surface area (Å²) in [7, 11) is 0. The average Bonchev–Trinajstić information content (AvgIpc) is 2.87. The molecule has 0 atom stereocenters. The first-order valence-electron chi connectivity index (χ1n) is 9.03. The van der Waals surface area contributed by atoms with Crippen LogP contribution in [0.3, 0.4) is 0 Å². The lowest BCUT2D eigenvalue weighted by atomic mass is 9.88.